The molecule has 8 saturated heterocycles. The molecular weight excluding hydrogens is 1630 g/mol. The zero-order chi connectivity index (χ0) is 86.5. The zero-order valence-corrected chi connectivity index (χ0v) is 80.8. The zero-order valence-electron chi connectivity index (χ0n) is 79.2. The van der Waals surface area contributed by atoms with E-state index < -0.39 is 0 Å². The Bertz CT molecular complexity index is 5390. The lowest BCUT2D eigenvalue weighted by molar-refractivity contribution is -0.258. The molecule has 31 rings (SSSR count). The fourth-order valence-corrected chi connectivity index (χ4v) is 41.4. The van der Waals surface area contributed by atoms with E-state index in [9.17, 15) is 0 Å². The van der Waals surface area contributed by atoms with E-state index >= 15 is 0 Å². The van der Waals surface area contributed by atoms with Crippen molar-refractivity contribution in [3.8, 4) is 11.1 Å². The first-order chi connectivity index (χ1) is 64.3. The molecule has 0 bridgehead atoms. The van der Waals surface area contributed by atoms with Gasteiger partial charge in [0, 0.05) is 145 Å². The van der Waals surface area contributed by atoms with E-state index in [4.69, 9.17) is 9.47 Å². The minimum Gasteiger partial charge on any atom is -0.372 e. The predicted molar refractivity (Wildman–Crippen MR) is 548 cm³/mol. The number of benzene rings is 8. The molecule has 14 heteroatoms. The van der Waals surface area contributed by atoms with E-state index in [0.29, 0.717) is 36.5 Å². The maximum absolute atomic E-state index is 7.20. The summed E-state index contributed by atoms with van der Waals surface area (Å²) in [7, 11) is 0. The number of hydrogen-bond donors (Lipinski definition) is 0. The topological polar surface area (TPSA) is 41.1 Å². The van der Waals surface area contributed by atoms with Crippen LogP contribution >= 0.6 is 23.5 Å². The number of ether oxygens (including phenoxy) is 2. The smallest absolute Gasteiger partial charge is 0.252 e. The van der Waals surface area contributed by atoms with Gasteiger partial charge in [-0.2, -0.15) is 23.5 Å². The van der Waals surface area contributed by atoms with Gasteiger partial charge in [0.05, 0.1) is 47.2 Å². The van der Waals surface area contributed by atoms with Crippen LogP contribution in [-0.4, -0.2) is 158 Å². The first-order valence-corrected chi connectivity index (χ1v) is 56.3. The summed E-state index contributed by atoms with van der Waals surface area (Å²) in [4.78, 5) is 20.9. The number of hydrogen-bond acceptors (Lipinski definition) is 11. The average Bonchev–Trinajstić information content (AvgIpc) is 0.685. The first kappa shape index (κ1) is 81.9. The Balaban J connectivity index is 0.000000103. The molecule has 13 aliphatic heterocycles. The lowest BCUT2D eigenvalue weighted by Crippen LogP contribution is -2.82. The standard InChI is InChI=1S/C57H46BN3.C30H47BN2O2.C30H47BN2S2/c1-55(2)38-17-7-11-25-46(38)59(47-26-12-8-18-39(47)55)37-31-29-35(30-32-37)36-33-50-52-51(34-36)61-49-28-14-10-20-41(49)57(5,6)43-22-16-24-45(54(43)61)58(52)44-23-15-21-42-53(44)60(50)48-27-13-9-19-40(48)56(42,3)4;2*1-3-11-20-18(9-1)31-19-10-2-4-12-21(19)33-23-14-6-8-16-25(23)35-27-17-26-29(28(31)30(27)33)32(20)22-13-5-7-15-24(22)34-26/h7-34H,1-6H3;2*18-30H,1-17H2. The van der Waals surface area contributed by atoms with Crippen LogP contribution in [-0.2, 0) is 25.7 Å². The van der Waals surface area contributed by atoms with Crippen LogP contribution in [0.5, 0.6) is 0 Å². The lowest BCUT2D eigenvalue weighted by Gasteiger charge is -2.74. The Kier molecular flexibility index (Phi) is 19.3. The molecule has 0 radical (unpaired) electrons. The fraction of sp³-hybridized carbons (Fsp3) is 0.590. The highest BCUT2D eigenvalue weighted by Gasteiger charge is 2.74. The summed E-state index contributed by atoms with van der Waals surface area (Å²) < 4.78 is 14.4. The minimum atomic E-state index is -0.162. The summed E-state index contributed by atoms with van der Waals surface area (Å²) >= 11 is 5.13. The van der Waals surface area contributed by atoms with Gasteiger partial charge in [-0.05, 0) is 228 Å². The van der Waals surface area contributed by atoms with Gasteiger partial charge < -0.3 is 24.2 Å². The highest BCUT2D eigenvalue weighted by atomic mass is 32.2. The largest absolute Gasteiger partial charge is 0.372 e. The van der Waals surface area contributed by atoms with E-state index in [2.05, 4.69) is 269 Å². The third kappa shape index (κ3) is 11.7. The van der Waals surface area contributed by atoms with Gasteiger partial charge in [0.2, 0.25) is 0 Å². The van der Waals surface area contributed by atoms with Gasteiger partial charge in [0.1, 0.15) is 0 Å². The molecule has 24 unspecified atom stereocenters. The van der Waals surface area contributed by atoms with Crippen molar-refractivity contribution in [1.29, 1.82) is 0 Å². The number of anilines is 9. The molecule has 23 aliphatic rings. The van der Waals surface area contributed by atoms with Gasteiger partial charge in [-0.3, -0.25) is 19.6 Å². The van der Waals surface area contributed by atoms with Crippen LogP contribution in [0.2, 0.25) is 34.9 Å². The molecule has 0 spiro atoms. The van der Waals surface area contributed by atoms with Crippen LogP contribution in [0.25, 0.3) is 11.1 Å². The van der Waals surface area contributed by atoms with Gasteiger partial charge in [0.25, 0.3) is 6.71 Å². The maximum Gasteiger partial charge on any atom is 0.252 e. The summed E-state index contributed by atoms with van der Waals surface area (Å²) in [6, 6.07) is 74.8. The molecule has 131 heavy (non-hydrogen) atoms. The summed E-state index contributed by atoms with van der Waals surface area (Å²) in [5, 5.41) is 3.86. The van der Waals surface area contributed by atoms with Gasteiger partial charge in [0.15, 0.2) is 13.4 Å². The van der Waals surface area contributed by atoms with Crippen molar-refractivity contribution in [3.63, 3.8) is 0 Å². The van der Waals surface area contributed by atoms with Gasteiger partial charge in [-0.1, -0.05) is 291 Å². The molecular formula is C117H140B3N7O2S2. The molecule has 24 atom stereocenters. The number of fused-ring (bicyclic) bond motifs is 30. The van der Waals surface area contributed by atoms with Crippen LogP contribution in [0.15, 0.2) is 170 Å². The van der Waals surface area contributed by atoms with Crippen LogP contribution in [0, 0.1) is 0 Å². The SMILES string of the molecule is C1CCC2C(C1)OC1CC3OC4CCCCC4N4C5CCCCC5B5C6CCCCC6N2C1C5C34.C1CCC2C(C1)SC1CC3SC4CCCCC4N4C5CCCCC5B5C6CCCCC6N2C1C5C34.CC1(C)c2ccccc2N(c2ccc(-c3cc4c5c(c3)N3c6ccccc6C(C)(C)c6cccc(c63)B5c3cccc5c3N4c3ccccc3C5(C)C)cc2)c2ccccc21. The predicted octanol–water partition coefficient (Wildman–Crippen LogP) is 25.6. The van der Waals surface area contributed by atoms with Crippen molar-refractivity contribution < 1.29 is 9.47 Å². The summed E-state index contributed by atoms with van der Waals surface area (Å²) in [5.74, 6) is 5.85. The van der Waals surface area contributed by atoms with Crippen molar-refractivity contribution in [3.05, 3.63) is 203 Å². The molecule has 9 nitrogen and oxygen atoms in total. The number of nitrogens with zero attached hydrogens (tertiary/aromatic N) is 7. The van der Waals surface area contributed by atoms with Crippen molar-refractivity contribution in [1.82, 2.24) is 19.6 Å². The van der Waals surface area contributed by atoms with E-state index in [-0.39, 0.29) is 23.0 Å². The highest BCUT2D eigenvalue weighted by Crippen LogP contribution is 2.71. The van der Waals surface area contributed by atoms with Crippen LogP contribution in [0.4, 0.5) is 51.2 Å². The quantitative estimate of drug-likeness (QED) is 0.156. The second kappa shape index (κ2) is 30.9. The third-order valence-electron chi connectivity index (χ3n) is 41.7. The van der Waals surface area contributed by atoms with E-state index in [0.717, 1.165) is 135 Å². The minimum absolute atomic E-state index is 0.0874. The molecule has 0 N–H and O–H groups in total. The highest BCUT2D eigenvalue weighted by molar-refractivity contribution is 8.01. The second-order valence-electron chi connectivity index (χ2n) is 48.2. The fourth-order valence-electron chi connectivity index (χ4n) is 37.2. The normalized spacial score (nSPS) is 38.5. The molecule has 8 aromatic rings. The number of rotatable bonds is 2. The lowest BCUT2D eigenvalue weighted by atomic mass is 9.18. The van der Waals surface area contributed by atoms with Gasteiger partial charge in [-0.25, -0.2) is 0 Å². The Morgan fingerprint density at radius 3 is 1.04 bits per heavy atom. The Hall–Kier alpha value is -6.19. The molecule has 13 heterocycles. The van der Waals surface area contributed by atoms with E-state index in [1.807, 2.05) is 0 Å². The van der Waals surface area contributed by atoms with Gasteiger partial charge in [-0.15, -0.1) is 0 Å². The van der Waals surface area contributed by atoms with Crippen molar-refractivity contribution in [2.45, 2.75) is 429 Å². The Morgan fingerprint density at radius 1 is 0.282 bits per heavy atom. The third-order valence-corrected chi connectivity index (χ3v) is 45.2. The van der Waals surface area contributed by atoms with Crippen molar-refractivity contribution >= 4 is 111 Å². The van der Waals surface area contributed by atoms with Gasteiger partial charge >= 0.3 is 0 Å². The van der Waals surface area contributed by atoms with Crippen molar-refractivity contribution in [2.24, 2.45) is 0 Å². The summed E-state index contributed by atoms with van der Waals surface area (Å²) in [5.41, 5.74) is 25.7. The molecule has 0 amide bonds. The van der Waals surface area contributed by atoms with Crippen LogP contribution in [0.1, 0.15) is 293 Å². The van der Waals surface area contributed by atoms with Crippen LogP contribution < -0.4 is 31.1 Å². The molecule has 18 fully saturated rings. The first-order valence-electron chi connectivity index (χ1n) is 54.4. The second-order valence-corrected chi connectivity index (χ2v) is 51.2. The number of thioether (sulfide) groups is 2. The molecule has 676 valence electrons. The average molecular weight is 1770 g/mol. The summed E-state index contributed by atoms with van der Waals surface area (Å²) in [6.07, 6.45) is 52.3. The molecule has 8 aromatic carbocycles. The Morgan fingerprint density at radius 2 is 0.618 bits per heavy atom. The number of morpholine rings is 2. The van der Waals surface area contributed by atoms with E-state index in [1.54, 1.807) is 44.9 Å². The monoisotopic (exact) mass is 1770 g/mol. The Labute approximate surface area is 792 Å². The van der Waals surface area contributed by atoms with E-state index in [1.165, 1.54) is 280 Å². The maximum atomic E-state index is 7.20. The molecule has 10 aliphatic carbocycles. The summed E-state index contributed by atoms with van der Waals surface area (Å²) in [6.45, 7) is 16.5. The molecule has 10 saturated carbocycles. The van der Waals surface area contributed by atoms with Crippen molar-refractivity contribution in [2.75, 3.05) is 14.7 Å². The molecule has 0 aromatic heterocycles. The van der Waals surface area contributed by atoms with Crippen LogP contribution in [0.3, 0.4) is 0 Å². The number of para-hydroxylation sites is 6.